The van der Waals surface area contributed by atoms with Crippen LogP contribution in [0.2, 0.25) is 5.02 Å². The largest absolute Gasteiger partial charge is 0.481 e. The number of benzene rings is 1. The maximum atomic E-state index is 12.7. The van der Waals surface area contributed by atoms with E-state index in [-0.39, 0.29) is 17.9 Å². The minimum absolute atomic E-state index is 0.0212. The van der Waals surface area contributed by atoms with Crippen molar-refractivity contribution in [3.05, 3.63) is 28.8 Å². The molecule has 136 valence electrons. The van der Waals surface area contributed by atoms with Gasteiger partial charge in [-0.3, -0.25) is 9.69 Å². The molecule has 0 saturated carbocycles. The number of halogens is 1. The number of hydrogen-bond donors (Lipinski definition) is 0. The fraction of sp³-hybridized carbons (Fsp3) is 0.579. The van der Waals surface area contributed by atoms with E-state index in [0.29, 0.717) is 23.9 Å². The molecule has 0 bridgehead atoms. The Labute approximate surface area is 155 Å². The Hall–Kier alpha value is -1.77. The highest BCUT2D eigenvalue weighted by Crippen LogP contribution is 2.23. The van der Waals surface area contributed by atoms with Gasteiger partial charge in [0.25, 0.3) is 5.91 Å². The summed E-state index contributed by atoms with van der Waals surface area (Å²) in [6.07, 6.45) is -0.553. The third-order valence-corrected chi connectivity index (χ3v) is 4.81. The molecule has 1 amide bonds. The molecule has 0 aliphatic carbocycles. The summed E-state index contributed by atoms with van der Waals surface area (Å²) in [4.78, 5) is 16.6. The number of carbonyl (C=O) groups is 1. The van der Waals surface area contributed by atoms with Gasteiger partial charge in [0.15, 0.2) is 6.10 Å². The molecule has 0 radical (unpaired) electrons. The van der Waals surface area contributed by atoms with E-state index in [2.05, 4.69) is 24.8 Å². The lowest BCUT2D eigenvalue weighted by Gasteiger charge is -2.38. The first-order chi connectivity index (χ1) is 11.8. The summed E-state index contributed by atoms with van der Waals surface area (Å²) in [5.41, 5.74) is 0.908. The number of piperazine rings is 1. The van der Waals surface area contributed by atoms with Gasteiger partial charge in [-0.15, -0.1) is 0 Å². The molecule has 1 heterocycles. The second-order valence-corrected chi connectivity index (χ2v) is 7.29. The van der Waals surface area contributed by atoms with Gasteiger partial charge in [0, 0.05) is 31.2 Å². The Morgan fingerprint density at radius 1 is 1.24 bits per heavy atom. The van der Waals surface area contributed by atoms with E-state index in [9.17, 15) is 10.1 Å². The van der Waals surface area contributed by atoms with Crippen LogP contribution in [0.3, 0.4) is 0 Å². The first kappa shape index (κ1) is 19.6. The Morgan fingerprint density at radius 3 is 2.40 bits per heavy atom. The van der Waals surface area contributed by atoms with E-state index < -0.39 is 6.10 Å². The predicted molar refractivity (Wildman–Crippen MR) is 98.7 cm³/mol. The van der Waals surface area contributed by atoms with Crippen molar-refractivity contribution >= 4 is 17.5 Å². The fourth-order valence-electron chi connectivity index (χ4n) is 3.12. The molecule has 0 aromatic heterocycles. The number of aryl methyl sites for hydroxylation is 1. The molecule has 1 saturated heterocycles. The zero-order valence-corrected chi connectivity index (χ0v) is 16.1. The summed E-state index contributed by atoms with van der Waals surface area (Å²) < 4.78 is 5.83. The van der Waals surface area contributed by atoms with Crippen molar-refractivity contribution in [1.82, 2.24) is 9.80 Å². The lowest BCUT2D eigenvalue weighted by molar-refractivity contribution is -0.140. The number of ether oxygens (including phenoxy) is 1. The second kappa shape index (κ2) is 8.55. The molecule has 5 nitrogen and oxygen atoms in total. The number of rotatable bonds is 5. The van der Waals surface area contributed by atoms with Crippen LogP contribution >= 0.6 is 11.6 Å². The third-order valence-electron chi connectivity index (χ3n) is 4.57. The zero-order valence-electron chi connectivity index (χ0n) is 15.3. The Balaban J connectivity index is 1.92. The molecule has 1 aromatic carbocycles. The van der Waals surface area contributed by atoms with Crippen molar-refractivity contribution < 1.29 is 9.53 Å². The highest BCUT2D eigenvalue weighted by atomic mass is 35.5. The van der Waals surface area contributed by atoms with Crippen LogP contribution in [-0.2, 0) is 4.79 Å². The normalized spacial score (nSPS) is 17.9. The molecule has 0 spiro atoms. The Kier molecular flexibility index (Phi) is 6.69. The van der Waals surface area contributed by atoms with E-state index in [0.717, 1.165) is 18.7 Å². The minimum Gasteiger partial charge on any atom is -0.481 e. The topological polar surface area (TPSA) is 56.6 Å². The molecule has 0 N–H and O–H groups in total. The molecular weight excluding hydrogens is 338 g/mol. The quantitative estimate of drug-likeness (QED) is 0.806. The number of nitriles is 1. The molecule has 1 aliphatic rings. The average molecular weight is 364 g/mol. The molecule has 1 fully saturated rings. The summed E-state index contributed by atoms with van der Waals surface area (Å²) in [6.45, 7) is 10.5. The van der Waals surface area contributed by atoms with Crippen LogP contribution in [0.5, 0.6) is 5.75 Å². The highest BCUT2D eigenvalue weighted by Gasteiger charge is 2.30. The highest BCUT2D eigenvalue weighted by molar-refractivity contribution is 6.30. The fourth-order valence-corrected chi connectivity index (χ4v) is 3.34. The lowest BCUT2D eigenvalue weighted by Crippen LogP contribution is -2.54. The maximum absolute atomic E-state index is 12.7. The van der Waals surface area contributed by atoms with Crippen LogP contribution in [0.4, 0.5) is 0 Å². The van der Waals surface area contributed by atoms with E-state index >= 15 is 0 Å². The van der Waals surface area contributed by atoms with E-state index in [1.165, 1.54) is 0 Å². The van der Waals surface area contributed by atoms with Crippen LogP contribution < -0.4 is 4.74 Å². The third kappa shape index (κ3) is 4.87. The summed E-state index contributed by atoms with van der Waals surface area (Å²) in [6, 6.07) is 7.64. The number of nitrogens with zero attached hydrogens (tertiary/aromatic N) is 3. The Morgan fingerprint density at radius 2 is 1.88 bits per heavy atom. The van der Waals surface area contributed by atoms with Crippen molar-refractivity contribution in [2.75, 3.05) is 26.2 Å². The SMILES string of the molecule is Cc1cc(Cl)ccc1OC(C)C(=O)N1CCN(C(C#N)C(C)C)CC1. The van der Waals surface area contributed by atoms with Gasteiger partial charge in [-0.25, -0.2) is 0 Å². The van der Waals surface area contributed by atoms with Gasteiger partial charge in [0.1, 0.15) is 11.8 Å². The van der Waals surface area contributed by atoms with Crippen LogP contribution in [0.25, 0.3) is 0 Å². The van der Waals surface area contributed by atoms with E-state index in [1.807, 2.05) is 17.9 Å². The summed E-state index contributed by atoms with van der Waals surface area (Å²) in [5.74, 6) is 0.933. The molecule has 6 heteroatoms. The summed E-state index contributed by atoms with van der Waals surface area (Å²) in [7, 11) is 0. The van der Waals surface area contributed by atoms with Gasteiger partial charge in [0.2, 0.25) is 0 Å². The van der Waals surface area contributed by atoms with Gasteiger partial charge in [-0.2, -0.15) is 5.26 Å². The number of hydrogen-bond acceptors (Lipinski definition) is 4. The summed E-state index contributed by atoms with van der Waals surface area (Å²) >= 11 is 5.95. The van der Waals surface area contributed by atoms with Gasteiger partial charge < -0.3 is 9.64 Å². The van der Waals surface area contributed by atoms with Crippen molar-refractivity contribution in [1.29, 1.82) is 5.26 Å². The van der Waals surface area contributed by atoms with Gasteiger partial charge in [-0.05, 0) is 43.5 Å². The van der Waals surface area contributed by atoms with Crippen molar-refractivity contribution in [2.24, 2.45) is 5.92 Å². The molecule has 1 aromatic rings. The average Bonchev–Trinajstić information content (AvgIpc) is 2.57. The summed E-state index contributed by atoms with van der Waals surface area (Å²) in [5, 5.41) is 9.97. The van der Waals surface area contributed by atoms with Crippen molar-refractivity contribution in [2.45, 2.75) is 39.8 Å². The zero-order chi connectivity index (χ0) is 18.6. The monoisotopic (exact) mass is 363 g/mol. The van der Waals surface area contributed by atoms with Crippen molar-refractivity contribution in [3.8, 4) is 11.8 Å². The van der Waals surface area contributed by atoms with Crippen LogP contribution in [0, 0.1) is 24.2 Å². The van der Waals surface area contributed by atoms with Gasteiger partial charge in [-0.1, -0.05) is 25.4 Å². The van der Waals surface area contributed by atoms with Crippen molar-refractivity contribution in [3.63, 3.8) is 0 Å². The molecular formula is C19H26ClN3O2. The molecule has 25 heavy (non-hydrogen) atoms. The van der Waals surface area contributed by atoms with Gasteiger partial charge in [0.05, 0.1) is 6.07 Å². The predicted octanol–water partition coefficient (Wildman–Crippen LogP) is 3.11. The maximum Gasteiger partial charge on any atom is 0.263 e. The second-order valence-electron chi connectivity index (χ2n) is 6.85. The smallest absolute Gasteiger partial charge is 0.263 e. The minimum atomic E-state index is -0.553. The number of carbonyl (C=O) groups excluding carboxylic acids is 1. The van der Waals surface area contributed by atoms with E-state index in [1.54, 1.807) is 19.1 Å². The molecule has 2 unspecified atom stereocenters. The Bertz CT molecular complexity index is 649. The first-order valence-corrected chi connectivity index (χ1v) is 9.06. The molecule has 2 atom stereocenters. The molecule has 1 aliphatic heterocycles. The lowest BCUT2D eigenvalue weighted by atomic mass is 10.0. The van der Waals surface area contributed by atoms with Gasteiger partial charge >= 0.3 is 0 Å². The van der Waals surface area contributed by atoms with Crippen LogP contribution in [-0.4, -0.2) is 54.0 Å². The first-order valence-electron chi connectivity index (χ1n) is 8.68. The number of amides is 1. The molecule has 2 rings (SSSR count). The van der Waals surface area contributed by atoms with E-state index in [4.69, 9.17) is 16.3 Å². The van der Waals surface area contributed by atoms with Crippen LogP contribution in [0.1, 0.15) is 26.3 Å². The van der Waals surface area contributed by atoms with Crippen LogP contribution in [0.15, 0.2) is 18.2 Å². The standard InChI is InChI=1S/C19H26ClN3O2/c1-13(2)17(12-21)22-7-9-23(10-8-22)19(24)15(4)25-18-6-5-16(20)11-14(18)3/h5-6,11,13,15,17H,7-10H2,1-4H3.